The Bertz CT molecular complexity index is 1710. The molecule has 43 heavy (non-hydrogen) atoms. The summed E-state index contributed by atoms with van der Waals surface area (Å²) >= 11 is 6.12. The van der Waals surface area contributed by atoms with E-state index in [2.05, 4.69) is 30.8 Å². The van der Waals surface area contributed by atoms with Gasteiger partial charge >= 0.3 is 0 Å². The molecule has 1 amide bonds. The molecule has 3 aromatic carbocycles. The van der Waals surface area contributed by atoms with Gasteiger partial charge in [0.1, 0.15) is 17.2 Å². The summed E-state index contributed by atoms with van der Waals surface area (Å²) in [5.74, 6) is -1.33. The topological polar surface area (TPSA) is 126 Å². The maximum absolute atomic E-state index is 14.5. The molecule has 0 unspecified atom stereocenters. The molecule has 0 aliphatic carbocycles. The van der Waals surface area contributed by atoms with Crippen molar-refractivity contribution in [1.29, 1.82) is 0 Å². The molecule has 1 aliphatic rings. The quantitative estimate of drug-likeness (QED) is 0.205. The molecule has 0 atom stereocenters. The van der Waals surface area contributed by atoms with Crippen molar-refractivity contribution in [3.63, 3.8) is 0 Å². The monoisotopic (exact) mass is 624 g/mol. The number of anilines is 6. The van der Waals surface area contributed by atoms with E-state index < -0.39 is 26.8 Å². The summed E-state index contributed by atoms with van der Waals surface area (Å²) in [5.41, 5.74) is 1.70. The number of amides is 1. The third kappa shape index (κ3) is 6.87. The Morgan fingerprint density at radius 2 is 1.72 bits per heavy atom. The fourth-order valence-electron chi connectivity index (χ4n) is 4.41. The number of benzene rings is 3. The number of halogens is 2. The maximum atomic E-state index is 14.5. The van der Waals surface area contributed by atoms with E-state index in [1.807, 2.05) is 24.3 Å². The first kappa shape index (κ1) is 30.2. The second-order valence-electron chi connectivity index (χ2n) is 9.99. The Kier molecular flexibility index (Phi) is 9.09. The van der Waals surface area contributed by atoms with Crippen molar-refractivity contribution in [1.82, 2.24) is 9.97 Å². The standard InChI is InChI=1S/C30H30ClFN6O4S/c1-19(2)43(40,41)26-9-4-3-8-25(26)35-28-22(29(39)36-27-23(31)6-5-7-24(27)32)18-33-30(37-28)34-20-10-12-21(13-11-20)38-14-16-42-17-15-38/h3-13,18-19H,14-17H2,1-2H3,(H,36,39)(H2,33,34,35,37). The van der Waals surface area contributed by atoms with Crippen molar-refractivity contribution >= 4 is 61.9 Å². The van der Waals surface area contributed by atoms with E-state index in [0.717, 1.165) is 18.8 Å². The Morgan fingerprint density at radius 1 is 1.00 bits per heavy atom. The van der Waals surface area contributed by atoms with E-state index in [0.29, 0.717) is 18.9 Å². The second-order valence-corrected chi connectivity index (χ2v) is 12.9. The molecule has 1 aromatic heterocycles. The molecule has 0 bridgehead atoms. The molecule has 0 spiro atoms. The Labute approximate surface area is 254 Å². The van der Waals surface area contributed by atoms with Gasteiger partial charge in [0, 0.05) is 30.7 Å². The zero-order chi connectivity index (χ0) is 30.6. The van der Waals surface area contributed by atoms with Gasteiger partial charge in [0.15, 0.2) is 9.84 Å². The summed E-state index contributed by atoms with van der Waals surface area (Å²) in [7, 11) is -3.69. The molecule has 1 saturated heterocycles. The molecule has 13 heteroatoms. The molecule has 5 rings (SSSR count). The molecule has 224 valence electrons. The molecule has 1 fully saturated rings. The first-order valence-electron chi connectivity index (χ1n) is 13.6. The third-order valence-electron chi connectivity index (χ3n) is 6.80. The van der Waals surface area contributed by atoms with Crippen LogP contribution in [-0.4, -0.2) is 55.8 Å². The minimum Gasteiger partial charge on any atom is -0.378 e. The van der Waals surface area contributed by atoms with Crippen LogP contribution in [-0.2, 0) is 14.6 Å². The van der Waals surface area contributed by atoms with Gasteiger partial charge in [-0.2, -0.15) is 4.98 Å². The number of carbonyl (C=O) groups is 1. The highest BCUT2D eigenvalue weighted by Gasteiger charge is 2.25. The second kappa shape index (κ2) is 12.9. The molecule has 1 aliphatic heterocycles. The minimum atomic E-state index is -3.69. The van der Waals surface area contributed by atoms with Crippen molar-refractivity contribution in [2.24, 2.45) is 0 Å². The van der Waals surface area contributed by atoms with Crippen LogP contribution in [0.25, 0.3) is 0 Å². The lowest BCUT2D eigenvalue weighted by Crippen LogP contribution is -2.36. The van der Waals surface area contributed by atoms with Gasteiger partial charge in [-0.05, 0) is 62.4 Å². The van der Waals surface area contributed by atoms with Gasteiger partial charge in [0.25, 0.3) is 5.91 Å². The average Bonchev–Trinajstić information content (AvgIpc) is 3.00. The van der Waals surface area contributed by atoms with Crippen LogP contribution in [0.1, 0.15) is 24.2 Å². The number of hydrogen-bond donors (Lipinski definition) is 3. The van der Waals surface area contributed by atoms with Crippen molar-refractivity contribution in [2.45, 2.75) is 24.0 Å². The number of hydrogen-bond acceptors (Lipinski definition) is 9. The van der Waals surface area contributed by atoms with Crippen LogP contribution in [0.2, 0.25) is 5.02 Å². The number of ether oxygens (including phenoxy) is 1. The highest BCUT2D eigenvalue weighted by Crippen LogP contribution is 2.31. The predicted octanol–water partition coefficient (Wildman–Crippen LogP) is 6.03. The zero-order valence-electron chi connectivity index (χ0n) is 23.5. The van der Waals surface area contributed by atoms with E-state index in [9.17, 15) is 17.6 Å². The normalized spacial score (nSPS) is 13.6. The Morgan fingerprint density at radius 3 is 2.42 bits per heavy atom. The number of sulfone groups is 1. The van der Waals surface area contributed by atoms with Gasteiger partial charge in [0.05, 0.1) is 39.8 Å². The molecule has 10 nitrogen and oxygen atoms in total. The minimum absolute atomic E-state index is 0.00111. The van der Waals surface area contributed by atoms with Gasteiger partial charge < -0.3 is 25.6 Å². The summed E-state index contributed by atoms with van der Waals surface area (Å²) in [6.45, 7) is 6.13. The van der Waals surface area contributed by atoms with Crippen molar-refractivity contribution in [3.05, 3.63) is 89.3 Å². The van der Waals surface area contributed by atoms with Gasteiger partial charge in [0.2, 0.25) is 5.95 Å². The van der Waals surface area contributed by atoms with E-state index in [1.54, 1.807) is 32.0 Å². The lowest BCUT2D eigenvalue weighted by molar-refractivity contribution is 0.102. The Balaban J connectivity index is 1.48. The van der Waals surface area contributed by atoms with Gasteiger partial charge in [-0.15, -0.1) is 0 Å². The molecule has 4 aromatic rings. The number of nitrogens with one attached hydrogen (secondary N) is 3. The van der Waals surface area contributed by atoms with E-state index in [4.69, 9.17) is 16.3 Å². The van der Waals surface area contributed by atoms with Crippen molar-refractivity contribution in [3.8, 4) is 0 Å². The number of nitrogens with zero attached hydrogens (tertiary/aromatic N) is 3. The van der Waals surface area contributed by atoms with Crippen LogP contribution < -0.4 is 20.9 Å². The number of carbonyl (C=O) groups excluding carboxylic acids is 1. The van der Waals surface area contributed by atoms with E-state index in [-0.39, 0.29) is 38.6 Å². The van der Waals surface area contributed by atoms with E-state index in [1.165, 1.54) is 30.5 Å². The summed E-state index contributed by atoms with van der Waals surface area (Å²) in [6.07, 6.45) is 1.27. The summed E-state index contributed by atoms with van der Waals surface area (Å²) in [6, 6.07) is 18.1. The number of rotatable bonds is 9. The van der Waals surface area contributed by atoms with Crippen LogP contribution in [0.3, 0.4) is 0 Å². The summed E-state index contributed by atoms with van der Waals surface area (Å²) in [4.78, 5) is 24.4. The number of morpholine rings is 1. The zero-order valence-corrected chi connectivity index (χ0v) is 25.0. The van der Waals surface area contributed by atoms with Gasteiger partial charge in [-0.1, -0.05) is 29.8 Å². The SMILES string of the molecule is CC(C)S(=O)(=O)c1ccccc1Nc1nc(Nc2ccc(N3CCOCC3)cc2)ncc1C(=O)Nc1c(F)cccc1Cl. The van der Waals surface area contributed by atoms with Gasteiger partial charge in [-0.25, -0.2) is 17.8 Å². The fourth-order valence-corrected chi connectivity index (χ4v) is 5.82. The first-order valence-corrected chi connectivity index (χ1v) is 15.5. The molecular formula is C30H30ClFN6O4S. The third-order valence-corrected chi connectivity index (χ3v) is 9.33. The molecule has 2 heterocycles. The Hall–Kier alpha value is -4.26. The van der Waals surface area contributed by atoms with Crippen LogP contribution in [0.4, 0.5) is 38.9 Å². The van der Waals surface area contributed by atoms with Crippen LogP contribution in [0.5, 0.6) is 0 Å². The molecule has 3 N–H and O–H groups in total. The predicted molar refractivity (Wildman–Crippen MR) is 166 cm³/mol. The van der Waals surface area contributed by atoms with E-state index >= 15 is 0 Å². The van der Waals surface area contributed by atoms with Crippen molar-refractivity contribution in [2.75, 3.05) is 47.2 Å². The lowest BCUT2D eigenvalue weighted by atomic mass is 10.2. The molecule has 0 radical (unpaired) electrons. The maximum Gasteiger partial charge on any atom is 0.261 e. The van der Waals surface area contributed by atoms with Crippen molar-refractivity contribution < 1.29 is 22.3 Å². The van der Waals surface area contributed by atoms with Crippen LogP contribution in [0.15, 0.2) is 77.8 Å². The highest BCUT2D eigenvalue weighted by atomic mass is 35.5. The number of aromatic nitrogens is 2. The lowest BCUT2D eigenvalue weighted by Gasteiger charge is -2.28. The molecular weight excluding hydrogens is 595 g/mol. The smallest absolute Gasteiger partial charge is 0.261 e. The first-order chi connectivity index (χ1) is 20.6. The van der Waals surface area contributed by atoms with Crippen LogP contribution in [0, 0.1) is 5.82 Å². The largest absolute Gasteiger partial charge is 0.378 e. The van der Waals surface area contributed by atoms with Crippen LogP contribution >= 0.6 is 11.6 Å². The number of para-hydroxylation sites is 2. The summed E-state index contributed by atoms with van der Waals surface area (Å²) < 4.78 is 46.1. The fraction of sp³-hybridized carbons (Fsp3) is 0.233. The molecule has 0 saturated carbocycles. The van der Waals surface area contributed by atoms with Gasteiger partial charge in [-0.3, -0.25) is 4.79 Å². The average molecular weight is 625 g/mol. The summed E-state index contributed by atoms with van der Waals surface area (Å²) in [5, 5.41) is 7.91. The highest BCUT2D eigenvalue weighted by molar-refractivity contribution is 7.92.